The molecule has 0 atom stereocenters. The molecule has 0 heterocycles. The van der Waals surface area contributed by atoms with E-state index in [1.807, 2.05) is 4.72 Å². The summed E-state index contributed by atoms with van der Waals surface area (Å²) < 4.78 is 43.1. The molecule has 0 unspecified atom stereocenters. The predicted octanol–water partition coefficient (Wildman–Crippen LogP) is -0.265. The zero-order valence-corrected chi connectivity index (χ0v) is 12.3. The number of nitrogens with one attached hydrogen (secondary N) is 1. The van der Waals surface area contributed by atoms with E-state index in [4.69, 9.17) is 0 Å². The van der Waals surface area contributed by atoms with Gasteiger partial charge in [0.2, 0.25) is 10.0 Å². The van der Waals surface area contributed by atoms with Crippen LogP contribution in [0.2, 0.25) is 0 Å². The Morgan fingerprint density at radius 3 is 2.57 bits per heavy atom. The molecule has 0 radical (unpaired) electrons. The number of carbonyl (C=O) groups is 2. The largest absolute Gasteiger partial charge is 0.455 e. The summed E-state index contributed by atoms with van der Waals surface area (Å²) in [4.78, 5) is 23.4. The quantitative estimate of drug-likeness (QED) is 0.729. The molecule has 116 valence electrons. The monoisotopic (exact) mass is 318 g/mol. The normalized spacial score (nSPS) is 11.0. The van der Waals surface area contributed by atoms with Crippen LogP contribution in [0, 0.1) is 5.82 Å². The minimum absolute atomic E-state index is 0.306. The average Bonchev–Trinajstić information content (AvgIpc) is 2.42. The van der Waals surface area contributed by atoms with Gasteiger partial charge in [-0.05, 0) is 18.2 Å². The van der Waals surface area contributed by atoms with Crippen molar-refractivity contribution in [2.45, 2.75) is 4.90 Å². The molecule has 7 nitrogen and oxygen atoms in total. The Labute approximate surface area is 121 Å². The van der Waals surface area contributed by atoms with Gasteiger partial charge >= 0.3 is 5.97 Å². The van der Waals surface area contributed by atoms with Gasteiger partial charge in [-0.15, -0.1) is 0 Å². The Balaban J connectivity index is 2.54. The van der Waals surface area contributed by atoms with Crippen molar-refractivity contribution in [2.75, 3.05) is 27.2 Å². The van der Waals surface area contributed by atoms with E-state index in [1.54, 1.807) is 0 Å². The number of hydrogen-bond donors (Lipinski definition) is 1. The highest BCUT2D eigenvalue weighted by molar-refractivity contribution is 7.89. The van der Waals surface area contributed by atoms with E-state index in [2.05, 4.69) is 4.74 Å². The third kappa shape index (κ3) is 5.48. The highest BCUT2D eigenvalue weighted by Crippen LogP contribution is 2.09. The summed E-state index contributed by atoms with van der Waals surface area (Å²) in [6.07, 6.45) is 0. The maximum atomic E-state index is 13.0. The van der Waals surface area contributed by atoms with Crippen LogP contribution >= 0.6 is 0 Å². The van der Waals surface area contributed by atoms with Crippen molar-refractivity contribution in [1.29, 1.82) is 0 Å². The molecule has 1 rings (SSSR count). The summed E-state index contributed by atoms with van der Waals surface area (Å²) in [5.41, 5.74) is 0. The smallest absolute Gasteiger partial charge is 0.321 e. The summed E-state index contributed by atoms with van der Waals surface area (Å²) in [6, 6.07) is 4.34. The Morgan fingerprint density at radius 2 is 2.00 bits per heavy atom. The van der Waals surface area contributed by atoms with Crippen LogP contribution in [0.1, 0.15) is 0 Å². The molecule has 0 bridgehead atoms. The van der Waals surface area contributed by atoms with Crippen LogP contribution in [0.25, 0.3) is 0 Å². The number of benzene rings is 1. The number of rotatable bonds is 6. The number of likely N-dealkylation sites (N-methyl/N-ethyl adjacent to an activating group) is 1. The molecule has 0 saturated carbocycles. The number of sulfonamides is 1. The molecule has 1 aromatic carbocycles. The van der Waals surface area contributed by atoms with Crippen LogP contribution < -0.4 is 4.72 Å². The van der Waals surface area contributed by atoms with Gasteiger partial charge in [-0.25, -0.2) is 12.8 Å². The van der Waals surface area contributed by atoms with E-state index < -0.39 is 40.9 Å². The minimum Gasteiger partial charge on any atom is -0.455 e. The van der Waals surface area contributed by atoms with E-state index in [0.717, 1.165) is 12.1 Å². The number of esters is 1. The average molecular weight is 318 g/mol. The molecule has 9 heteroatoms. The molecule has 0 aliphatic heterocycles. The highest BCUT2D eigenvalue weighted by Gasteiger charge is 2.17. The third-order valence-electron chi connectivity index (χ3n) is 2.37. The van der Waals surface area contributed by atoms with Crippen LogP contribution in [0.15, 0.2) is 29.2 Å². The van der Waals surface area contributed by atoms with Gasteiger partial charge in [-0.1, -0.05) is 6.07 Å². The Bertz CT molecular complexity index is 630. The highest BCUT2D eigenvalue weighted by atomic mass is 32.2. The summed E-state index contributed by atoms with van der Waals surface area (Å²) in [7, 11) is -1.04. The van der Waals surface area contributed by atoms with Gasteiger partial charge in [0, 0.05) is 14.1 Å². The maximum Gasteiger partial charge on any atom is 0.321 e. The fraction of sp³-hybridized carbons (Fsp3) is 0.333. The number of nitrogens with zero attached hydrogens (tertiary/aromatic N) is 1. The first kappa shape index (κ1) is 17.1. The van der Waals surface area contributed by atoms with Crippen LogP contribution in [0.3, 0.4) is 0 Å². The molecule has 1 amide bonds. The summed E-state index contributed by atoms with van der Waals surface area (Å²) >= 11 is 0. The van der Waals surface area contributed by atoms with Gasteiger partial charge in [0.15, 0.2) is 6.61 Å². The second kappa shape index (κ2) is 7.14. The van der Waals surface area contributed by atoms with Gasteiger partial charge in [-0.3, -0.25) is 9.59 Å². The standard InChI is InChI=1S/C12H15FN2O5S/c1-15(2)11(16)8-20-12(17)7-14-21(18,19)10-5-3-4-9(13)6-10/h3-6,14H,7-8H2,1-2H3. The molecule has 1 N–H and O–H groups in total. The molecule has 0 saturated heterocycles. The summed E-state index contributed by atoms with van der Waals surface area (Å²) in [5.74, 6) is -2.06. The molecule has 21 heavy (non-hydrogen) atoms. The van der Waals surface area contributed by atoms with Gasteiger partial charge in [-0.2, -0.15) is 4.72 Å². The van der Waals surface area contributed by atoms with E-state index in [0.29, 0.717) is 0 Å². The zero-order chi connectivity index (χ0) is 16.0. The Kier molecular flexibility index (Phi) is 5.79. The third-order valence-corrected chi connectivity index (χ3v) is 3.77. The second-order valence-corrected chi connectivity index (χ2v) is 6.00. The van der Waals surface area contributed by atoms with Gasteiger partial charge in [0.1, 0.15) is 12.4 Å². The van der Waals surface area contributed by atoms with Gasteiger partial charge in [0.05, 0.1) is 4.90 Å². The van der Waals surface area contributed by atoms with Crippen LogP contribution in [0.4, 0.5) is 4.39 Å². The number of hydrogen-bond acceptors (Lipinski definition) is 5. The van der Waals surface area contributed by atoms with Crippen molar-refractivity contribution in [1.82, 2.24) is 9.62 Å². The van der Waals surface area contributed by atoms with Crippen molar-refractivity contribution in [3.8, 4) is 0 Å². The zero-order valence-electron chi connectivity index (χ0n) is 11.5. The number of ether oxygens (including phenoxy) is 1. The second-order valence-electron chi connectivity index (χ2n) is 4.23. The number of halogens is 1. The van der Waals surface area contributed by atoms with E-state index in [1.165, 1.54) is 31.1 Å². The molecule has 0 spiro atoms. The molecular weight excluding hydrogens is 303 g/mol. The van der Waals surface area contributed by atoms with Gasteiger partial charge in [0.25, 0.3) is 5.91 Å². The fourth-order valence-corrected chi connectivity index (χ4v) is 2.19. The van der Waals surface area contributed by atoms with Crippen LogP contribution in [0.5, 0.6) is 0 Å². The lowest BCUT2D eigenvalue weighted by atomic mass is 10.4. The minimum atomic E-state index is -4.02. The first-order valence-corrected chi connectivity index (χ1v) is 7.31. The van der Waals surface area contributed by atoms with Crippen molar-refractivity contribution >= 4 is 21.9 Å². The summed E-state index contributed by atoms with van der Waals surface area (Å²) in [5, 5.41) is 0. The molecule has 0 aliphatic rings. The Morgan fingerprint density at radius 1 is 1.33 bits per heavy atom. The number of carbonyl (C=O) groups excluding carboxylic acids is 2. The van der Waals surface area contributed by atoms with Crippen molar-refractivity contribution < 1.29 is 27.1 Å². The van der Waals surface area contributed by atoms with Crippen molar-refractivity contribution in [3.63, 3.8) is 0 Å². The summed E-state index contributed by atoms with van der Waals surface area (Å²) in [6.45, 7) is -1.13. The predicted molar refractivity (Wildman–Crippen MR) is 71.2 cm³/mol. The first-order valence-electron chi connectivity index (χ1n) is 5.83. The first-order chi connectivity index (χ1) is 9.72. The number of amides is 1. The maximum absolute atomic E-state index is 13.0. The SMILES string of the molecule is CN(C)C(=O)COC(=O)CNS(=O)(=O)c1cccc(F)c1. The van der Waals surface area contributed by atoms with E-state index >= 15 is 0 Å². The fourth-order valence-electron chi connectivity index (χ4n) is 1.19. The molecule has 0 fully saturated rings. The molecule has 1 aromatic rings. The lowest BCUT2D eigenvalue weighted by Gasteiger charge is -2.11. The van der Waals surface area contributed by atoms with Crippen molar-refractivity contribution in [3.05, 3.63) is 30.1 Å². The van der Waals surface area contributed by atoms with E-state index in [-0.39, 0.29) is 4.90 Å². The molecule has 0 aliphatic carbocycles. The molecular formula is C12H15FN2O5S. The van der Waals surface area contributed by atoms with Gasteiger partial charge < -0.3 is 9.64 Å². The molecule has 0 aromatic heterocycles. The Hall–Kier alpha value is -2.00. The van der Waals surface area contributed by atoms with Crippen LogP contribution in [-0.2, 0) is 24.3 Å². The van der Waals surface area contributed by atoms with Crippen LogP contribution in [-0.4, -0.2) is 52.4 Å². The van der Waals surface area contributed by atoms with Crippen molar-refractivity contribution in [2.24, 2.45) is 0 Å². The topological polar surface area (TPSA) is 92.8 Å². The lowest BCUT2D eigenvalue weighted by Crippen LogP contribution is -2.33. The lowest BCUT2D eigenvalue weighted by molar-refractivity contribution is -0.149. The van der Waals surface area contributed by atoms with E-state index in [9.17, 15) is 22.4 Å².